The average molecular weight is 404 g/mol. The number of rotatable bonds is 4. The summed E-state index contributed by atoms with van der Waals surface area (Å²) in [5, 5.41) is 1.06. The number of nitrogens with one attached hydrogen (secondary N) is 1. The van der Waals surface area contributed by atoms with Crippen LogP contribution in [0.5, 0.6) is 0 Å². The van der Waals surface area contributed by atoms with Gasteiger partial charge in [0, 0.05) is 35.0 Å². The molecular weight excluding hydrogens is 380 g/mol. The van der Waals surface area contributed by atoms with Crippen molar-refractivity contribution in [1.82, 2.24) is 4.98 Å². The summed E-state index contributed by atoms with van der Waals surface area (Å²) in [5.74, 6) is 0. The van der Waals surface area contributed by atoms with Crippen LogP contribution in [0.4, 0.5) is 5.69 Å². The topological polar surface area (TPSA) is 79.1 Å². The maximum absolute atomic E-state index is 5.89. The predicted molar refractivity (Wildman–Crippen MR) is 127 cm³/mol. The molecule has 4 heteroatoms. The number of anilines is 1. The molecule has 5 N–H and O–H groups in total. The number of benzene rings is 3. The molecule has 0 saturated heterocycles. The smallest absolute Gasteiger partial charge is 0.220 e. The van der Waals surface area contributed by atoms with Crippen LogP contribution in [0.2, 0.25) is 0 Å². The Morgan fingerprint density at radius 1 is 0.742 bits per heavy atom. The second-order valence-corrected chi connectivity index (χ2v) is 7.56. The zero-order valence-electron chi connectivity index (χ0n) is 17.0. The number of hydrogen-bond donors (Lipinski definition) is 2. The first-order valence-electron chi connectivity index (χ1n) is 10.3. The summed E-state index contributed by atoms with van der Waals surface area (Å²) in [7, 11) is 0. The van der Waals surface area contributed by atoms with E-state index in [-0.39, 0.29) is 0 Å². The molecule has 2 aromatic heterocycles. The van der Waals surface area contributed by atoms with Crippen LogP contribution in [0.15, 0.2) is 97.2 Å². The number of nitrogen functional groups attached to an aromatic ring is 1. The summed E-state index contributed by atoms with van der Waals surface area (Å²) in [6, 6.07) is 30.8. The predicted octanol–water partition coefficient (Wildman–Crippen LogP) is 5.09. The number of H-pyrrole nitrogens is 1. The molecule has 0 unspecified atom stereocenters. The highest BCUT2D eigenvalue weighted by molar-refractivity contribution is 5.97. The molecule has 4 nitrogen and oxygen atoms in total. The molecule has 150 valence electrons. The van der Waals surface area contributed by atoms with Crippen LogP contribution in [0, 0.1) is 0 Å². The molecule has 0 saturated carbocycles. The second kappa shape index (κ2) is 8.01. The minimum Gasteiger partial charge on any atom is -0.399 e. The van der Waals surface area contributed by atoms with Gasteiger partial charge in [0.15, 0.2) is 6.20 Å². The highest BCUT2D eigenvalue weighted by Crippen LogP contribution is 2.35. The van der Waals surface area contributed by atoms with Gasteiger partial charge in [-0.15, -0.1) is 0 Å². The first kappa shape index (κ1) is 19.0. The van der Waals surface area contributed by atoms with Gasteiger partial charge in [-0.05, 0) is 41.5 Å². The van der Waals surface area contributed by atoms with E-state index in [4.69, 9.17) is 16.5 Å². The van der Waals surface area contributed by atoms with E-state index in [2.05, 4.69) is 59.6 Å². The van der Waals surface area contributed by atoms with E-state index < -0.39 is 0 Å². The van der Waals surface area contributed by atoms with Gasteiger partial charge in [0.05, 0.1) is 16.6 Å². The number of aromatic nitrogens is 2. The molecule has 0 atom stereocenters. The van der Waals surface area contributed by atoms with Gasteiger partial charge in [-0.1, -0.05) is 54.6 Å². The number of fused-ring (bicyclic) bond motifs is 1. The van der Waals surface area contributed by atoms with Gasteiger partial charge in [0.2, 0.25) is 5.69 Å². The first-order chi connectivity index (χ1) is 15.2. The Kier molecular flexibility index (Phi) is 4.90. The van der Waals surface area contributed by atoms with Crippen molar-refractivity contribution in [1.29, 1.82) is 0 Å². The van der Waals surface area contributed by atoms with E-state index in [1.807, 2.05) is 42.6 Å². The lowest BCUT2D eigenvalue weighted by Crippen LogP contribution is -2.07. The summed E-state index contributed by atoms with van der Waals surface area (Å²) in [4.78, 5) is 8.51. The molecule has 5 rings (SSSR count). The third-order valence-electron chi connectivity index (χ3n) is 5.54. The van der Waals surface area contributed by atoms with Crippen LogP contribution in [0.25, 0.3) is 44.5 Å². The summed E-state index contributed by atoms with van der Waals surface area (Å²) in [5.41, 5.74) is 20.8. The summed E-state index contributed by atoms with van der Waals surface area (Å²) < 4.78 is 0. The van der Waals surface area contributed by atoms with E-state index in [9.17, 15) is 0 Å². The molecule has 0 fully saturated rings. The Morgan fingerprint density at radius 2 is 1.45 bits per heavy atom. The van der Waals surface area contributed by atoms with Crippen LogP contribution < -0.4 is 16.5 Å². The average Bonchev–Trinajstić information content (AvgIpc) is 2.84. The van der Waals surface area contributed by atoms with Crippen LogP contribution >= 0.6 is 0 Å². The van der Waals surface area contributed by atoms with Crippen LogP contribution in [-0.2, 0) is 6.54 Å². The molecule has 3 aromatic carbocycles. The fourth-order valence-electron chi connectivity index (χ4n) is 3.88. The minimum absolute atomic E-state index is 0.526. The maximum Gasteiger partial charge on any atom is 0.220 e. The highest BCUT2D eigenvalue weighted by atomic mass is 14.7. The standard InChI is InChI=1S/C27H22N4/c28-17-18-6-8-21(9-7-18)27-23(19-4-2-1-3-5-19)16-24-25(31-27)14-15-30-26(24)20-10-12-22(29)13-11-20/h1-16H,17,28-29H2/p+1. The van der Waals surface area contributed by atoms with Crippen molar-refractivity contribution in [2.75, 3.05) is 5.73 Å². The molecule has 0 aliphatic carbocycles. The number of nitrogens with zero attached hydrogens (tertiary/aromatic N) is 1. The number of pyridine rings is 2. The van der Waals surface area contributed by atoms with E-state index in [1.54, 1.807) is 0 Å². The Bertz CT molecular complexity index is 1340. The molecule has 0 spiro atoms. The van der Waals surface area contributed by atoms with Crippen LogP contribution in [0.3, 0.4) is 0 Å². The van der Waals surface area contributed by atoms with Crippen molar-refractivity contribution < 1.29 is 4.98 Å². The third kappa shape index (κ3) is 3.65. The molecule has 5 aromatic rings. The molecular formula is C27H23N4+. The van der Waals surface area contributed by atoms with Crippen LogP contribution in [0.1, 0.15) is 5.56 Å². The van der Waals surface area contributed by atoms with Gasteiger partial charge >= 0.3 is 0 Å². The van der Waals surface area contributed by atoms with Gasteiger partial charge in [-0.25, -0.2) is 9.97 Å². The fraction of sp³-hybridized carbons (Fsp3) is 0.0370. The lowest BCUT2D eigenvalue weighted by Gasteiger charge is -2.12. The zero-order chi connectivity index (χ0) is 21.2. The lowest BCUT2D eigenvalue weighted by molar-refractivity contribution is -0.362. The van der Waals surface area contributed by atoms with Gasteiger partial charge in [-0.3, -0.25) is 0 Å². The highest BCUT2D eigenvalue weighted by Gasteiger charge is 2.17. The molecule has 2 heterocycles. The van der Waals surface area contributed by atoms with Gasteiger partial charge in [0.25, 0.3) is 0 Å². The molecule has 31 heavy (non-hydrogen) atoms. The van der Waals surface area contributed by atoms with Gasteiger partial charge in [0.1, 0.15) is 0 Å². The monoisotopic (exact) mass is 403 g/mol. The fourth-order valence-corrected chi connectivity index (χ4v) is 3.88. The second-order valence-electron chi connectivity index (χ2n) is 7.56. The summed E-state index contributed by atoms with van der Waals surface area (Å²) in [6.07, 6.45) is 1.94. The molecule has 0 bridgehead atoms. The van der Waals surface area contributed by atoms with E-state index in [0.717, 1.165) is 55.8 Å². The lowest BCUT2D eigenvalue weighted by atomic mass is 9.95. The van der Waals surface area contributed by atoms with Gasteiger partial charge in [-0.2, -0.15) is 0 Å². The zero-order valence-corrected chi connectivity index (χ0v) is 17.0. The van der Waals surface area contributed by atoms with E-state index >= 15 is 0 Å². The van der Waals surface area contributed by atoms with E-state index in [1.165, 1.54) is 0 Å². The normalized spacial score (nSPS) is 11.0. The molecule has 0 amide bonds. The Morgan fingerprint density at radius 3 is 2.16 bits per heavy atom. The minimum atomic E-state index is 0.526. The SMILES string of the molecule is NCc1ccc(-c2nc3cc[nH+]c(-c4ccc(N)cc4)c3cc2-c2ccccc2)cc1. The van der Waals surface area contributed by atoms with Crippen LogP contribution in [-0.4, -0.2) is 4.98 Å². The van der Waals surface area contributed by atoms with Crippen molar-refractivity contribution in [3.05, 3.63) is 103 Å². The van der Waals surface area contributed by atoms with E-state index in [0.29, 0.717) is 6.54 Å². The Balaban J connectivity index is 1.77. The largest absolute Gasteiger partial charge is 0.399 e. The molecule has 0 radical (unpaired) electrons. The number of aromatic amines is 1. The van der Waals surface area contributed by atoms with Crippen molar-refractivity contribution >= 4 is 16.6 Å². The van der Waals surface area contributed by atoms with Crippen molar-refractivity contribution in [3.63, 3.8) is 0 Å². The molecule has 0 aliphatic rings. The number of hydrogen-bond acceptors (Lipinski definition) is 3. The maximum atomic E-state index is 5.89. The Labute approximate surface area is 181 Å². The molecule has 0 aliphatic heterocycles. The summed E-state index contributed by atoms with van der Waals surface area (Å²) >= 11 is 0. The van der Waals surface area contributed by atoms with Crippen molar-refractivity contribution in [3.8, 4) is 33.6 Å². The van der Waals surface area contributed by atoms with Crippen molar-refractivity contribution in [2.24, 2.45) is 5.73 Å². The van der Waals surface area contributed by atoms with Gasteiger partial charge < -0.3 is 11.5 Å². The quantitative estimate of drug-likeness (QED) is 0.410. The summed E-state index contributed by atoms with van der Waals surface area (Å²) in [6.45, 7) is 0.526. The Hall–Kier alpha value is -4.02. The number of nitrogens with two attached hydrogens (primary N) is 2. The third-order valence-corrected chi connectivity index (χ3v) is 5.54. The first-order valence-corrected chi connectivity index (χ1v) is 10.3. The van der Waals surface area contributed by atoms with Crippen molar-refractivity contribution in [2.45, 2.75) is 6.54 Å².